The highest BCUT2D eigenvalue weighted by Crippen LogP contribution is 2.63. The molecule has 9 nitrogen and oxygen atoms in total. The molecule has 11 heteroatoms. The molecule has 1 saturated carbocycles. The van der Waals surface area contributed by atoms with Crippen molar-refractivity contribution >= 4 is 62.5 Å². The van der Waals surface area contributed by atoms with Crippen LogP contribution < -0.4 is 4.90 Å². The van der Waals surface area contributed by atoms with Crippen LogP contribution in [0.1, 0.15) is 50.2 Å². The number of allylic oxidation sites excluding steroid dienone is 2. The van der Waals surface area contributed by atoms with Gasteiger partial charge in [0.1, 0.15) is 17.3 Å². The van der Waals surface area contributed by atoms with E-state index in [1.807, 2.05) is 51.1 Å². The molecule has 4 aliphatic rings. The molecule has 4 aromatic rings. The van der Waals surface area contributed by atoms with Crippen molar-refractivity contribution in [2.24, 2.45) is 36.1 Å². The molecule has 2 aliphatic carbocycles. The number of anilines is 1. The Labute approximate surface area is 286 Å². The second kappa shape index (κ2) is 10.9. The number of thiophene rings is 1. The third-order valence-corrected chi connectivity index (χ3v) is 12.8. The summed E-state index contributed by atoms with van der Waals surface area (Å²) in [6.07, 6.45) is 3.37. The van der Waals surface area contributed by atoms with Gasteiger partial charge in [0, 0.05) is 35.3 Å². The van der Waals surface area contributed by atoms with Crippen molar-refractivity contribution < 1.29 is 24.3 Å². The summed E-state index contributed by atoms with van der Waals surface area (Å²) < 4.78 is 2.64. The van der Waals surface area contributed by atoms with Crippen LogP contribution in [0.2, 0.25) is 5.02 Å². The number of carbonyl (C=O) groups excluding carboxylic acids is 4. The first kappa shape index (κ1) is 31.0. The van der Waals surface area contributed by atoms with Crippen molar-refractivity contribution in [3.05, 3.63) is 76.3 Å². The minimum atomic E-state index is -1.20. The zero-order valence-corrected chi connectivity index (χ0v) is 28.6. The van der Waals surface area contributed by atoms with Crippen LogP contribution in [0.3, 0.4) is 0 Å². The normalized spacial score (nSPS) is 28.3. The monoisotopic (exact) mass is 682 g/mol. The smallest absolute Gasteiger partial charge is 0.242 e. The van der Waals surface area contributed by atoms with Crippen molar-refractivity contribution in [1.82, 2.24) is 14.7 Å². The summed E-state index contributed by atoms with van der Waals surface area (Å²) >= 11 is 7.87. The van der Waals surface area contributed by atoms with Crippen LogP contribution in [0.5, 0.6) is 5.75 Å². The van der Waals surface area contributed by atoms with Crippen LogP contribution in [0.4, 0.5) is 5.82 Å². The fourth-order valence-electron chi connectivity index (χ4n) is 9.04. The summed E-state index contributed by atoms with van der Waals surface area (Å²) in [5.41, 5.74) is 2.06. The van der Waals surface area contributed by atoms with Gasteiger partial charge in [0.25, 0.3) is 0 Å². The van der Waals surface area contributed by atoms with E-state index in [0.717, 1.165) is 26.1 Å². The zero-order chi connectivity index (χ0) is 33.8. The number of aryl methyl sites for hydroxylation is 2. The lowest BCUT2D eigenvalue weighted by molar-refractivity contribution is -0.140. The number of aromatic nitrogens is 2. The zero-order valence-electron chi connectivity index (χ0n) is 27.1. The highest BCUT2D eigenvalue weighted by atomic mass is 35.5. The van der Waals surface area contributed by atoms with E-state index in [9.17, 15) is 24.3 Å². The summed E-state index contributed by atoms with van der Waals surface area (Å²) in [5.74, 6) is -3.40. The highest BCUT2D eigenvalue weighted by Gasteiger charge is 2.67. The van der Waals surface area contributed by atoms with Gasteiger partial charge in [-0.1, -0.05) is 42.3 Å². The lowest BCUT2D eigenvalue weighted by Gasteiger charge is -2.49. The quantitative estimate of drug-likeness (QED) is 0.187. The van der Waals surface area contributed by atoms with Gasteiger partial charge in [-0.3, -0.25) is 28.8 Å². The summed E-state index contributed by atoms with van der Waals surface area (Å²) in [6.45, 7) is 6.16. The Bertz CT molecular complexity index is 2120. The van der Waals surface area contributed by atoms with Crippen LogP contribution in [-0.2, 0) is 26.2 Å². The Hall–Kier alpha value is -4.28. The van der Waals surface area contributed by atoms with Gasteiger partial charge in [-0.2, -0.15) is 5.10 Å². The number of phenolic OH excluding ortho intramolecular Hbond substituents is 1. The van der Waals surface area contributed by atoms with Crippen LogP contribution in [0.15, 0.2) is 60.2 Å². The van der Waals surface area contributed by atoms with Gasteiger partial charge in [-0.25, -0.2) is 4.90 Å². The molecule has 246 valence electrons. The molecule has 2 aromatic carbocycles. The number of phenols is 1. The molecule has 2 saturated heterocycles. The molecule has 2 aliphatic heterocycles. The maximum atomic E-state index is 14.9. The Morgan fingerprint density at radius 2 is 1.83 bits per heavy atom. The first-order valence-corrected chi connectivity index (χ1v) is 17.6. The molecular weight excluding hydrogens is 648 g/mol. The fraction of sp³-hybridized carbons (Fsp3) is 0.378. The number of carbonyl (C=O) groups is 4. The SMILES string of the molecule is CCCN1C(=O)C2CC=C3C(CC4C(=O)N(c5cc(-c6sc7ccc(Cl)cc7c6C)nn5C)C(=O)C4(C)C3c3cccc(O)c3)C2C1=O. The lowest BCUT2D eigenvalue weighted by Crippen LogP contribution is -2.48. The standard InChI is InChI=1S/C37H35ClN4O5S/c1-5-13-41-33(44)23-11-10-22-25(30(23)35(41)46)16-26-34(45)42(36(47)37(26,3)31(22)19-7-6-8-21(43)14-19)29-17-27(39-40(29)4)32-18(2)24-15-20(38)9-12-28(24)48-32/h6-10,12,14-15,17,23,25-26,30-31,43H,5,11,13,16H2,1-4H3. The Kier molecular flexibility index (Phi) is 7.02. The molecule has 0 radical (unpaired) electrons. The molecule has 0 bridgehead atoms. The van der Waals surface area contributed by atoms with E-state index in [1.165, 1.54) is 9.80 Å². The second-order valence-corrected chi connectivity index (χ2v) is 15.3. The van der Waals surface area contributed by atoms with E-state index in [1.54, 1.807) is 47.3 Å². The maximum Gasteiger partial charge on any atom is 0.242 e. The molecule has 4 amide bonds. The number of rotatable bonds is 5. The highest BCUT2D eigenvalue weighted by molar-refractivity contribution is 7.22. The van der Waals surface area contributed by atoms with Gasteiger partial charge in [0.05, 0.1) is 28.0 Å². The fourth-order valence-corrected chi connectivity index (χ4v) is 10.4. The average molecular weight is 683 g/mol. The number of amides is 4. The van der Waals surface area contributed by atoms with Crippen LogP contribution in [0.25, 0.3) is 20.7 Å². The van der Waals surface area contributed by atoms with Crippen molar-refractivity contribution in [1.29, 1.82) is 0 Å². The minimum absolute atomic E-state index is 0.0511. The average Bonchev–Trinajstić information content (AvgIpc) is 3.72. The van der Waals surface area contributed by atoms with Gasteiger partial charge >= 0.3 is 0 Å². The Balaban J connectivity index is 1.24. The van der Waals surface area contributed by atoms with E-state index in [4.69, 9.17) is 16.7 Å². The van der Waals surface area contributed by atoms with Gasteiger partial charge in [0.15, 0.2) is 0 Å². The number of halogens is 1. The number of aromatic hydroxyl groups is 1. The van der Waals surface area contributed by atoms with E-state index in [2.05, 4.69) is 0 Å². The van der Waals surface area contributed by atoms with Crippen LogP contribution in [-0.4, -0.2) is 50.0 Å². The first-order valence-electron chi connectivity index (χ1n) is 16.4. The summed E-state index contributed by atoms with van der Waals surface area (Å²) in [4.78, 5) is 60.4. The van der Waals surface area contributed by atoms with Gasteiger partial charge in [-0.05, 0) is 85.9 Å². The Morgan fingerprint density at radius 1 is 1.04 bits per heavy atom. The molecule has 48 heavy (non-hydrogen) atoms. The minimum Gasteiger partial charge on any atom is -0.508 e. The number of imide groups is 2. The van der Waals surface area contributed by atoms with Gasteiger partial charge < -0.3 is 5.11 Å². The summed E-state index contributed by atoms with van der Waals surface area (Å²) in [5, 5.41) is 17.0. The molecule has 8 rings (SSSR count). The molecule has 6 unspecified atom stereocenters. The van der Waals surface area contributed by atoms with Crippen molar-refractivity contribution in [3.63, 3.8) is 0 Å². The largest absolute Gasteiger partial charge is 0.508 e. The van der Waals surface area contributed by atoms with Crippen LogP contribution >= 0.6 is 22.9 Å². The molecule has 1 N–H and O–H groups in total. The van der Waals surface area contributed by atoms with E-state index >= 15 is 0 Å². The van der Waals surface area contributed by atoms with E-state index in [0.29, 0.717) is 41.5 Å². The lowest BCUT2D eigenvalue weighted by atomic mass is 9.51. The molecule has 6 atom stereocenters. The van der Waals surface area contributed by atoms with Crippen LogP contribution in [0, 0.1) is 36.0 Å². The number of likely N-dealkylation sites (tertiary alicyclic amines) is 1. The number of benzene rings is 2. The maximum absolute atomic E-state index is 14.9. The topological polar surface area (TPSA) is 113 Å². The molecule has 2 aromatic heterocycles. The number of hydrogen-bond donors (Lipinski definition) is 1. The first-order chi connectivity index (χ1) is 22.9. The predicted octanol–water partition coefficient (Wildman–Crippen LogP) is 6.61. The molecular formula is C37H35ClN4O5S. The van der Waals surface area contributed by atoms with Crippen molar-refractivity contribution in [2.75, 3.05) is 11.4 Å². The number of nitrogens with zero attached hydrogens (tertiary/aromatic N) is 4. The predicted molar refractivity (Wildman–Crippen MR) is 184 cm³/mol. The Morgan fingerprint density at radius 3 is 2.58 bits per heavy atom. The third-order valence-electron chi connectivity index (χ3n) is 11.2. The van der Waals surface area contributed by atoms with E-state index < -0.39 is 29.1 Å². The van der Waals surface area contributed by atoms with E-state index in [-0.39, 0.29) is 41.7 Å². The second-order valence-electron chi connectivity index (χ2n) is 13.8. The summed E-state index contributed by atoms with van der Waals surface area (Å²) in [6, 6.07) is 14.4. The van der Waals surface area contributed by atoms with Gasteiger partial charge in [0.2, 0.25) is 23.6 Å². The third kappa shape index (κ3) is 4.18. The molecule has 4 heterocycles. The molecule has 3 fully saturated rings. The summed E-state index contributed by atoms with van der Waals surface area (Å²) in [7, 11) is 1.73. The molecule has 0 spiro atoms. The number of fused-ring (bicyclic) bond motifs is 5. The van der Waals surface area contributed by atoms with Crippen molar-refractivity contribution in [2.45, 2.75) is 46.0 Å². The van der Waals surface area contributed by atoms with Gasteiger partial charge in [-0.15, -0.1) is 11.3 Å². The van der Waals surface area contributed by atoms with Crippen molar-refractivity contribution in [3.8, 4) is 16.3 Å². The number of hydrogen-bond acceptors (Lipinski definition) is 7.